The number of benzene rings is 1. The molecule has 0 atom stereocenters. The summed E-state index contributed by atoms with van der Waals surface area (Å²) in [6, 6.07) is 12.5. The molecule has 26 heavy (non-hydrogen) atoms. The molecule has 0 aromatic heterocycles. The van der Waals surface area contributed by atoms with E-state index >= 15 is 0 Å². The Morgan fingerprint density at radius 1 is 0.538 bits per heavy atom. The number of rotatable bonds is 16. The highest BCUT2D eigenvalue weighted by atomic mass is 28.3. The maximum atomic E-state index is 2.56. The highest BCUT2D eigenvalue weighted by Crippen LogP contribution is 2.11. The lowest BCUT2D eigenvalue weighted by Crippen LogP contribution is -2.46. The molecular weight excluding hydrogens is 344 g/mol. The van der Waals surface area contributed by atoms with E-state index in [1.165, 1.54) is 89.1 Å². The van der Waals surface area contributed by atoms with Crippen LogP contribution in [-0.2, 0) is 0 Å². The molecule has 0 N–H and O–H groups in total. The van der Waals surface area contributed by atoms with Gasteiger partial charge >= 0.3 is 0 Å². The first-order valence-electron chi connectivity index (χ1n) is 11.4. The molecule has 0 saturated heterocycles. The summed E-state index contributed by atoms with van der Waals surface area (Å²) < 4.78 is 0. The van der Waals surface area contributed by atoms with Crippen molar-refractivity contribution in [3.8, 4) is 0 Å². The summed E-state index contributed by atoms with van der Waals surface area (Å²) in [5.41, 5.74) is 0. The summed E-state index contributed by atoms with van der Waals surface area (Å²) in [5, 5.41) is 3.54. The second-order valence-electron chi connectivity index (χ2n) is 8.14. The van der Waals surface area contributed by atoms with Crippen LogP contribution in [0.15, 0.2) is 24.3 Å². The van der Waals surface area contributed by atoms with Crippen molar-refractivity contribution in [3.63, 3.8) is 0 Å². The van der Waals surface area contributed by atoms with Crippen molar-refractivity contribution >= 4 is 28.0 Å². The fourth-order valence-corrected chi connectivity index (χ4v) is 9.07. The second kappa shape index (κ2) is 15.7. The highest BCUT2D eigenvalue weighted by molar-refractivity contribution is 6.83. The number of hydrogen-bond acceptors (Lipinski definition) is 0. The van der Waals surface area contributed by atoms with E-state index in [-0.39, 0.29) is 17.6 Å². The van der Waals surface area contributed by atoms with Gasteiger partial charge in [0.25, 0.3) is 0 Å². The number of hydrogen-bond donors (Lipinski definition) is 0. The first-order valence-corrected chi connectivity index (χ1v) is 15.9. The minimum absolute atomic E-state index is 0.350. The van der Waals surface area contributed by atoms with E-state index in [2.05, 4.69) is 51.2 Å². The summed E-state index contributed by atoms with van der Waals surface area (Å²) in [6.45, 7) is 9.74. The molecule has 2 heteroatoms. The lowest BCUT2D eigenvalue weighted by Gasteiger charge is -2.19. The van der Waals surface area contributed by atoms with Gasteiger partial charge in [0.15, 0.2) is 0 Å². The van der Waals surface area contributed by atoms with Crippen molar-refractivity contribution in [2.75, 3.05) is 0 Å². The van der Waals surface area contributed by atoms with Gasteiger partial charge in [-0.1, -0.05) is 151 Å². The summed E-state index contributed by atoms with van der Waals surface area (Å²) in [5.74, 6) is 0. The van der Waals surface area contributed by atoms with Crippen molar-refractivity contribution < 1.29 is 0 Å². The van der Waals surface area contributed by atoms with E-state index in [9.17, 15) is 0 Å². The van der Waals surface area contributed by atoms with Gasteiger partial charge in [0.05, 0.1) is 17.6 Å². The molecule has 0 bridgehead atoms. The van der Waals surface area contributed by atoms with Gasteiger partial charge in [-0.05, 0) is 0 Å². The van der Waals surface area contributed by atoms with Crippen molar-refractivity contribution in [3.05, 3.63) is 24.3 Å². The van der Waals surface area contributed by atoms with Crippen molar-refractivity contribution in [2.45, 2.75) is 116 Å². The minimum atomic E-state index is -0.350. The maximum absolute atomic E-state index is 2.56. The standard InChI is InChI=1S/C24H44Si2/c1-5-7-9-11-13-17-21-25(3)23-19-15-16-20-24(23)26(4)22-18-14-12-10-8-6-2/h15-16,19-20H,5-14,17-18,21-22H2,1-4H3. The van der Waals surface area contributed by atoms with Crippen LogP contribution in [0.3, 0.4) is 0 Å². The molecule has 0 saturated carbocycles. The number of unbranched alkanes of at least 4 members (excludes halogenated alkanes) is 10. The van der Waals surface area contributed by atoms with Crippen LogP contribution in [0.5, 0.6) is 0 Å². The SMILES string of the molecule is CCCCCCCC[Si](C)c1ccccc1[Si](C)CCCCCCCC. The first kappa shape index (κ1) is 23.7. The molecule has 0 nitrogen and oxygen atoms in total. The third kappa shape index (κ3) is 10.1. The molecule has 1 aromatic rings. The van der Waals surface area contributed by atoms with Gasteiger partial charge in [-0.2, -0.15) is 0 Å². The van der Waals surface area contributed by atoms with E-state index in [0.29, 0.717) is 0 Å². The van der Waals surface area contributed by atoms with Crippen LogP contribution in [-0.4, -0.2) is 17.6 Å². The van der Waals surface area contributed by atoms with Crippen LogP contribution in [0.25, 0.3) is 0 Å². The quantitative estimate of drug-likeness (QED) is 0.210. The average Bonchev–Trinajstić information content (AvgIpc) is 2.67. The molecule has 1 rings (SSSR count). The van der Waals surface area contributed by atoms with Crippen molar-refractivity contribution in [2.24, 2.45) is 0 Å². The van der Waals surface area contributed by atoms with Crippen LogP contribution in [0.1, 0.15) is 90.9 Å². The minimum Gasteiger partial charge on any atom is -0.0669 e. The Kier molecular flexibility index (Phi) is 14.3. The summed E-state index contributed by atoms with van der Waals surface area (Å²) >= 11 is 0. The Balaban J connectivity index is 2.39. The van der Waals surface area contributed by atoms with E-state index in [1.54, 1.807) is 10.4 Å². The van der Waals surface area contributed by atoms with Gasteiger partial charge in [0.2, 0.25) is 0 Å². The van der Waals surface area contributed by atoms with Gasteiger partial charge in [-0.15, -0.1) is 0 Å². The molecule has 0 heterocycles. The summed E-state index contributed by atoms with van der Waals surface area (Å²) in [6.07, 6.45) is 17.1. The third-order valence-corrected chi connectivity index (χ3v) is 10.8. The zero-order valence-corrected chi connectivity index (χ0v) is 20.2. The third-order valence-electron chi connectivity index (χ3n) is 5.66. The van der Waals surface area contributed by atoms with E-state index in [1.807, 2.05) is 0 Å². The van der Waals surface area contributed by atoms with E-state index in [4.69, 9.17) is 0 Å². The van der Waals surface area contributed by atoms with Crippen LogP contribution < -0.4 is 10.4 Å². The summed E-state index contributed by atoms with van der Waals surface area (Å²) in [4.78, 5) is 0. The predicted molar refractivity (Wildman–Crippen MR) is 125 cm³/mol. The Bertz CT molecular complexity index is 403. The Hall–Kier alpha value is -0.346. The fraction of sp³-hybridized carbons (Fsp3) is 0.750. The van der Waals surface area contributed by atoms with Crippen LogP contribution >= 0.6 is 0 Å². The normalized spacial score (nSPS) is 11.6. The zero-order valence-electron chi connectivity index (χ0n) is 18.2. The smallest absolute Gasteiger partial charge is 0.0669 e. The molecule has 0 unspecified atom stereocenters. The Morgan fingerprint density at radius 3 is 1.27 bits per heavy atom. The molecule has 0 aliphatic heterocycles. The van der Waals surface area contributed by atoms with Gasteiger partial charge in [-0.3, -0.25) is 0 Å². The maximum Gasteiger partial charge on any atom is 0.0822 e. The molecular formula is C24H44Si2. The zero-order chi connectivity index (χ0) is 19.0. The van der Waals surface area contributed by atoms with Gasteiger partial charge in [0.1, 0.15) is 0 Å². The van der Waals surface area contributed by atoms with Gasteiger partial charge < -0.3 is 0 Å². The fourth-order valence-electron chi connectivity index (χ4n) is 3.84. The van der Waals surface area contributed by atoms with E-state index in [0.717, 1.165) is 0 Å². The van der Waals surface area contributed by atoms with Gasteiger partial charge in [-0.25, -0.2) is 0 Å². The second-order valence-corrected chi connectivity index (χ2v) is 13.3. The first-order chi connectivity index (χ1) is 12.7. The average molecular weight is 389 g/mol. The molecule has 148 valence electrons. The molecule has 1 aromatic carbocycles. The molecule has 0 fully saturated rings. The topological polar surface area (TPSA) is 0 Å². The van der Waals surface area contributed by atoms with Crippen LogP contribution in [0, 0.1) is 0 Å². The van der Waals surface area contributed by atoms with Gasteiger partial charge in [0, 0.05) is 0 Å². The molecule has 0 amide bonds. The van der Waals surface area contributed by atoms with Crippen molar-refractivity contribution in [1.29, 1.82) is 0 Å². The van der Waals surface area contributed by atoms with E-state index < -0.39 is 0 Å². The Morgan fingerprint density at radius 2 is 0.885 bits per heavy atom. The molecule has 0 spiro atoms. The van der Waals surface area contributed by atoms with Crippen LogP contribution in [0.2, 0.25) is 25.2 Å². The largest absolute Gasteiger partial charge is 0.0822 e. The highest BCUT2D eigenvalue weighted by Gasteiger charge is 2.16. The van der Waals surface area contributed by atoms with Crippen molar-refractivity contribution in [1.82, 2.24) is 0 Å². The summed E-state index contributed by atoms with van der Waals surface area (Å²) in [7, 11) is -0.701. The predicted octanol–water partition coefficient (Wildman–Crippen LogP) is 7.07. The monoisotopic (exact) mass is 388 g/mol. The van der Waals surface area contributed by atoms with Crippen LogP contribution in [0.4, 0.5) is 0 Å². The lowest BCUT2D eigenvalue weighted by molar-refractivity contribution is 0.623. The Labute approximate surface area is 168 Å². The molecule has 2 radical (unpaired) electrons. The molecule has 0 aliphatic rings. The molecule has 0 aliphatic carbocycles. The lowest BCUT2D eigenvalue weighted by atomic mass is 10.1.